The predicted molar refractivity (Wildman–Crippen MR) is 165 cm³/mol. The van der Waals surface area contributed by atoms with Crippen LogP contribution < -0.4 is 10.2 Å². The van der Waals surface area contributed by atoms with Gasteiger partial charge in [-0.05, 0) is 72.6 Å². The normalized spacial score (nSPS) is 16.1. The van der Waals surface area contributed by atoms with Gasteiger partial charge in [-0.2, -0.15) is 5.10 Å². The molecule has 0 aromatic carbocycles. The lowest BCUT2D eigenvalue weighted by molar-refractivity contribution is -0.154. The van der Waals surface area contributed by atoms with Crippen molar-refractivity contribution >= 4 is 34.6 Å². The summed E-state index contributed by atoms with van der Waals surface area (Å²) in [5.41, 5.74) is 1.03. The Hall–Kier alpha value is -2.23. The highest BCUT2D eigenvalue weighted by Gasteiger charge is 2.28. The first-order chi connectivity index (χ1) is 18.5. The van der Waals surface area contributed by atoms with E-state index in [1.54, 1.807) is 11.8 Å². The van der Waals surface area contributed by atoms with Crippen LogP contribution in [0.3, 0.4) is 0 Å². The van der Waals surface area contributed by atoms with Crippen molar-refractivity contribution in [3.63, 3.8) is 0 Å². The fraction of sp³-hybridized carbons (Fsp3) is 0.800. The van der Waals surface area contributed by atoms with Gasteiger partial charge >= 0.3 is 12.1 Å². The molecular formula is C30H53N5O4S. The molecule has 40 heavy (non-hydrogen) atoms. The Morgan fingerprint density at radius 2 is 1.68 bits per heavy atom. The van der Waals surface area contributed by atoms with Crippen molar-refractivity contribution < 1.29 is 19.1 Å². The van der Waals surface area contributed by atoms with Crippen molar-refractivity contribution in [2.75, 3.05) is 30.3 Å². The zero-order valence-electron chi connectivity index (χ0n) is 26.5. The average molecular weight is 580 g/mol. The van der Waals surface area contributed by atoms with Crippen LogP contribution in [-0.2, 0) is 20.8 Å². The van der Waals surface area contributed by atoms with Crippen LogP contribution in [0, 0.1) is 11.8 Å². The summed E-state index contributed by atoms with van der Waals surface area (Å²) in [6, 6.07) is 0.0945. The number of hydrogen-bond donors (Lipinski definition) is 1. The summed E-state index contributed by atoms with van der Waals surface area (Å²) in [6.45, 7) is 23.2. The van der Waals surface area contributed by atoms with Crippen LogP contribution in [0.4, 0.5) is 10.5 Å². The Bertz CT molecular complexity index is 991. The number of nitrogens with one attached hydrogen (secondary N) is 1. The van der Waals surface area contributed by atoms with Gasteiger partial charge in [-0.25, -0.2) is 4.79 Å². The third-order valence-corrected chi connectivity index (χ3v) is 6.73. The lowest BCUT2D eigenvalue weighted by Crippen LogP contribution is -2.34. The van der Waals surface area contributed by atoms with Crippen molar-refractivity contribution in [2.24, 2.45) is 16.8 Å². The van der Waals surface area contributed by atoms with E-state index in [4.69, 9.17) is 19.6 Å². The lowest BCUT2D eigenvalue weighted by atomic mass is 10.1. The summed E-state index contributed by atoms with van der Waals surface area (Å²) in [7, 11) is 0. The maximum Gasteiger partial charge on any atom is 0.407 e. The molecule has 9 nitrogen and oxygen atoms in total. The summed E-state index contributed by atoms with van der Waals surface area (Å²) in [6.07, 6.45) is 4.78. The molecule has 1 aliphatic rings. The number of unbranched alkanes of at least 4 members (excludes halogenated alkanes) is 1. The van der Waals surface area contributed by atoms with Crippen LogP contribution in [0.2, 0.25) is 0 Å². The number of alkyl carbamates (subject to hydrolysis) is 1. The summed E-state index contributed by atoms with van der Waals surface area (Å²) in [5.74, 6) is 1.35. The highest BCUT2D eigenvalue weighted by Crippen LogP contribution is 2.31. The second-order valence-electron chi connectivity index (χ2n) is 13.5. The first kappa shape index (κ1) is 34.0. The smallest absolute Gasteiger partial charge is 0.407 e. The SMILES string of the molecule is CC(C)CN1C[C@H](CCCCNC(=O)OC(C)(C)C)N=C(SCCC(=O)OC(C)(C)C)c2nn(CC(C)C)cc21. The van der Waals surface area contributed by atoms with Gasteiger partial charge in [0, 0.05) is 38.1 Å². The minimum Gasteiger partial charge on any atom is -0.460 e. The quantitative estimate of drug-likeness (QED) is 0.230. The molecule has 1 atom stereocenters. The first-order valence-corrected chi connectivity index (χ1v) is 15.7. The van der Waals surface area contributed by atoms with Gasteiger partial charge in [0.2, 0.25) is 0 Å². The molecule has 0 spiro atoms. The molecule has 0 radical (unpaired) electrons. The Labute approximate surface area is 246 Å². The van der Waals surface area contributed by atoms with Gasteiger partial charge in [-0.1, -0.05) is 27.7 Å². The average Bonchev–Trinajstić information content (AvgIpc) is 3.12. The summed E-state index contributed by atoms with van der Waals surface area (Å²) >= 11 is 1.59. The number of anilines is 1. The largest absolute Gasteiger partial charge is 0.460 e. The molecule has 1 aliphatic heterocycles. The van der Waals surface area contributed by atoms with Gasteiger partial charge in [0.15, 0.2) is 0 Å². The van der Waals surface area contributed by atoms with E-state index in [1.165, 1.54) is 0 Å². The maximum absolute atomic E-state index is 12.4. The molecule has 1 aromatic heterocycles. The highest BCUT2D eigenvalue weighted by molar-refractivity contribution is 8.14. The van der Waals surface area contributed by atoms with E-state index < -0.39 is 11.2 Å². The topological polar surface area (TPSA) is 98.1 Å². The molecule has 0 saturated heterocycles. The Balaban J connectivity index is 2.17. The third kappa shape index (κ3) is 13.0. The van der Waals surface area contributed by atoms with Crippen LogP contribution in [0.25, 0.3) is 0 Å². The number of carbonyl (C=O) groups is 2. The number of aromatic nitrogens is 2. The van der Waals surface area contributed by atoms with Gasteiger partial charge in [-0.15, -0.1) is 11.8 Å². The van der Waals surface area contributed by atoms with E-state index >= 15 is 0 Å². The van der Waals surface area contributed by atoms with Gasteiger partial charge in [0.25, 0.3) is 0 Å². The number of ether oxygens (including phenoxy) is 2. The molecule has 0 fully saturated rings. The fourth-order valence-electron chi connectivity index (χ4n) is 4.39. The van der Waals surface area contributed by atoms with E-state index in [0.29, 0.717) is 30.6 Å². The van der Waals surface area contributed by atoms with Crippen LogP contribution in [0.15, 0.2) is 11.2 Å². The lowest BCUT2D eigenvalue weighted by Gasteiger charge is -2.27. The van der Waals surface area contributed by atoms with Crippen molar-refractivity contribution in [3.05, 3.63) is 11.9 Å². The molecule has 1 amide bonds. The number of esters is 1. The summed E-state index contributed by atoms with van der Waals surface area (Å²) in [4.78, 5) is 32.0. The first-order valence-electron chi connectivity index (χ1n) is 14.7. The number of amides is 1. The minimum atomic E-state index is -0.503. The molecule has 1 N–H and O–H groups in total. The number of carbonyl (C=O) groups excluding carboxylic acids is 2. The molecule has 228 valence electrons. The number of thioether (sulfide) groups is 1. The van der Waals surface area contributed by atoms with Gasteiger partial charge in [-0.3, -0.25) is 14.5 Å². The number of hydrogen-bond acceptors (Lipinski definition) is 8. The monoisotopic (exact) mass is 579 g/mol. The van der Waals surface area contributed by atoms with Crippen LogP contribution in [0.5, 0.6) is 0 Å². The maximum atomic E-state index is 12.4. The standard InChI is InChI=1S/C30H53N5O4S/c1-21(2)17-34-19-23(13-11-12-15-31-28(37)39-30(8,9)10)32-27(40-16-14-25(36)38-29(5,6)7)26-24(34)20-35(33-26)18-22(3)4/h20-23H,11-19H2,1-10H3,(H,31,37)/t23-/m0/s1. The minimum absolute atomic E-state index is 0.0945. The number of rotatable bonds is 12. The number of aliphatic imine (C=N–C) groups is 1. The zero-order chi connectivity index (χ0) is 30.1. The molecule has 10 heteroatoms. The molecule has 2 rings (SSSR count). The van der Waals surface area contributed by atoms with Crippen LogP contribution in [0.1, 0.15) is 101 Å². The molecule has 0 bridgehead atoms. The van der Waals surface area contributed by atoms with Crippen molar-refractivity contribution in [2.45, 2.75) is 119 Å². The molecule has 1 aromatic rings. The summed E-state index contributed by atoms with van der Waals surface area (Å²) < 4.78 is 12.9. The van der Waals surface area contributed by atoms with Crippen molar-refractivity contribution in [3.8, 4) is 0 Å². The Kier molecular flexibility index (Phi) is 12.8. The van der Waals surface area contributed by atoms with E-state index in [-0.39, 0.29) is 18.1 Å². The van der Waals surface area contributed by atoms with E-state index in [2.05, 4.69) is 44.1 Å². The van der Waals surface area contributed by atoms with E-state index in [0.717, 1.165) is 55.3 Å². The predicted octanol–water partition coefficient (Wildman–Crippen LogP) is 6.29. The van der Waals surface area contributed by atoms with Gasteiger partial charge < -0.3 is 19.7 Å². The number of nitrogens with zero attached hydrogens (tertiary/aromatic N) is 4. The second-order valence-corrected chi connectivity index (χ2v) is 14.6. The van der Waals surface area contributed by atoms with Crippen molar-refractivity contribution in [1.29, 1.82) is 0 Å². The molecule has 0 saturated carbocycles. The van der Waals surface area contributed by atoms with Crippen LogP contribution >= 0.6 is 11.8 Å². The third-order valence-electron chi connectivity index (χ3n) is 5.75. The molecule has 0 aliphatic carbocycles. The van der Waals surface area contributed by atoms with Crippen molar-refractivity contribution in [1.82, 2.24) is 15.1 Å². The number of fused-ring (bicyclic) bond motifs is 1. The van der Waals surface area contributed by atoms with Gasteiger partial charge in [0.05, 0.1) is 18.2 Å². The highest BCUT2D eigenvalue weighted by atomic mass is 32.2. The zero-order valence-corrected chi connectivity index (χ0v) is 27.3. The molecule has 2 heterocycles. The van der Waals surface area contributed by atoms with Crippen LogP contribution in [-0.4, -0.2) is 69.5 Å². The molecule has 0 unspecified atom stereocenters. The summed E-state index contributed by atoms with van der Waals surface area (Å²) in [5, 5.41) is 8.73. The second kappa shape index (κ2) is 15.1. The Morgan fingerprint density at radius 3 is 2.27 bits per heavy atom. The van der Waals surface area contributed by atoms with Gasteiger partial charge in [0.1, 0.15) is 21.9 Å². The Morgan fingerprint density at radius 1 is 1.02 bits per heavy atom. The van der Waals surface area contributed by atoms with E-state index in [9.17, 15) is 9.59 Å². The van der Waals surface area contributed by atoms with E-state index in [1.807, 2.05) is 46.2 Å². The fourth-order valence-corrected chi connectivity index (χ4v) is 5.36. The molecular weight excluding hydrogens is 526 g/mol.